The Morgan fingerprint density at radius 1 is 1.32 bits per heavy atom. The number of methoxy groups -OCH3 is 1. The average Bonchev–Trinajstić information content (AvgIpc) is 3.22. The van der Waals surface area contributed by atoms with Crippen LogP contribution in [-0.4, -0.2) is 61.0 Å². The molecule has 3 heterocycles. The molecule has 7 heteroatoms. The smallest absolute Gasteiger partial charge is 0.231 e. The van der Waals surface area contributed by atoms with E-state index in [-0.39, 0.29) is 11.8 Å². The van der Waals surface area contributed by atoms with Crippen LogP contribution in [-0.2, 0) is 14.3 Å². The molecule has 0 aliphatic carbocycles. The van der Waals surface area contributed by atoms with Gasteiger partial charge >= 0.3 is 0 Å². The van der Waals surface area contributed by atoms with E-state index >= 15 is 0 Å². The number of hydrogen-bond donors (Lipinski definition) is 0. The number of rotatable bonds is 5. The van der Waals surface area contributed by atoms with Crippen LogP contribution in [0.2, 0.25) is 0 Å². The van der Waals surface area contributed by atoms with Gasteiger partial charge in [0.2, 0.25) is 11.8 Å². The minimum absolute atomic E-state index is 0.133. The first-order valence-electron chi connectivity index (χ1n) is 7.96. The van der Waals surface area contributed by atoms with E-state index in [4.69, 9.17) is 14.0 Å². The molecule has 2 fully saturated rings. The van der Waals surface area contributed by atoms with Crippen LogP contribution in [0.4, 0.5) is 0 Å². The Morgan fingerprint density at radius 3 is 2.91 bits per heavy atom. The molecule has 0 radical (unpaired) electrons. The Balaban J connectivity index is 1.56. The van der Waals surface area contributed by atoms with E-state index in [2.05, 4.69) is 10.1 Å². The van der Waals surface area contributed by atoms with E-state index in [0.717, 1.165) is 44.8 Å². The molecule has 22 heavy (non-hydrogen) atoms. The highest BCUT2D eigenvalue weighted by Gasteiger charge is 2.31. The van der Waals surface area contributed by atoms with Gasteiger partial charge in [-0.15, -0.1) is 0 Å². The maximum absolute atomic E-state index is 12.0. The Morgan fingerprint density at radius 2 is 2.14 bits per heavy atom. The summed E-state index contributed by atoms with van der Waals surface area (Å²) in [4.78, 5) is 18.4. The molecule has 0 aromatic carbocycles. The second-order valence-corrected chi connectivity index (χ2v) is 5.95. The number of carbonyl (C=O) groups is 1. The molecule has 0 saturated carbocycles. The van der Waals surface area contributed by atoms with Crippen LogP contribution < -0.4 is 0 Å². The van der Waals surface area contributed by atoms with Gasteiger partial charge in [-0.25, -0.2) is 0 Å². The third-order valence-electron chi connectivity index (χ3n) is 4.45. The lowest BCUT2D eigenvalue weighted by atomic mass is 10.00. The first-order chi connectivity index (χ1) is 10.8. The monoisotopic (exact) mass is 309 g/mol. The fraction of sp³-hybridized carbons (Fsp3) is 0.800. The SMILES string of the molecule is COCCC(=O)N1CC[C@H](c2nc(C3CCOCC3)no2)C1. The normalized spacial score (nSPS) is 23.1. The molecule has 0 bridgehead atoms. The molecule has 0 unspecified atom stereocenters. The molecule has 1 aromatic heterocycles. The van der Waals surface area contributed by atoms with Crippen molar-refractivity contribution in [2.24, 2.45) is 0 Å². The first kappa shape index (κ1) is 15.4. The molecule has 1 atom stereocenters. The Hall–Kier alpha value is -1.47. The molecule has 2 aliphatic heterocycles. The number of likely N-dealkylation sites (tertiary alicyclic amines) is 1. The van der Waals surface area contributed by atoms with Gasteiger partial charge in [0.05, 0.1) is 18.9 Å². The predicted molar refractivity (Wildman–Crippen MR) is 77.5 cm³/mol. The van der Waals surface area contributed by atoms with Crippen LogP contribution in [0.15, 0.2) is 4.52 Å². The maximum atomic E-state index is 12.0. The molecular formula is C15H23N3O4. The van der Waals surface area contributed by atoms with Crippen molar-refractivity contribution in [2.75, 3.05) is 40.0 Å². The molecule has 2 aliphatic rings. The number of hydrogen-bond acceptors (Lipinski definition) is 6. The Labute approximate surface area is 129 Å². The topological polar surface area (TPSA) is 77.7 Å². The predicted octanol–water partition coefficient (Wildman–Crippen LogP) is 1.32. The van der Waals surface area contributed by atoms with Gasteiger partial charge in [-0.2, -0.15) is 4.98 Å². The van der Waals surface area contributed by atoms with Crippen molar-refractivity contribution in [3.63, 3.8) is 0 Å². The zero-order valence-corrected chi connectivity index (χ0v) is 13.0. The highest BCUT2D eigenvalue weighted by Crippen LogP contribution is 2.29. The highest BCUT2D eigenvalue weighted by molar-refractivity contribution is 5.76. The van der Waals surface area contributed by atoms with Crippen LogP contribution in [0.25, 0.3) is 0 Å². The van der Waals surface area contributed by atoms with E-state index in [1.54, 1.807) is 7.11 Å². The van der Waals surface area contributed by atoms with Gasteiger partial charge < -0.3 is 18.9 Å². The fourth-order valence-corrected chi connectivity index (χ4v) is 3.07. The molecule has 122 valence electrons. The number of amides is 1. The second-order valence-electron chi connectivity index (χ2n) is 5.95. The van der Waals surface area contributed by atoms with Crippen LogP contribution in [0.5, 0.6) is 0 Å². The van der Waals surface area contributed by atoms with Gasteiger partial charge in [0.25, 0.3) is 0 Å². The van der Waals surface area contributed by atoms with E-state index < -0.39 is 0 Å². The molecule has 2 saturated heterocycles. The summed E-state index contributed by atoms with van der Waals surface area (Å²) < 4.78 is 15.8. The van der Waals surface area contributed by atoms with Gasteiger partial charge in [-0.05, 0) is 19.3 Å². The van der Waals surface area contributed by atoms with Gasteiger partial charge in [0.1, 0.15) is 0 Å². The quantitative estimate of drug-likeness (QED) is 0.816. The lowest BCUT2D eigenvalue weighted by Crippen LogP contribution is -2.29. The lowest BCUT2D eigenvalue weighted by molar-refractivity contribution is -0.131. The Kier molecular flexibility index (Phi) is 5.04. The van der Waals surface area contributed by atoms with Crippen molar-refractivity contribution in [3.8, 4) is 0 Å². The minimum atomic E-state index is 0.133. The molecule has 7 nitrogen and oxygen atoms in total. The van der Waals surface area contributed by atoms with E-state index in [9.17, 15) is 4.79 Å². The molecule has 0 N–H and O–H groups in total. The third kappa shape index (κ3) is 3.47. The van der Waals surface area contributed by atoms with Crippen LogP contribution >= 0.6 is 0 Å². The summed E-state index contributed by atoms with van der Waals surface area (Å²) in [7, 11) is 1.61. The summed E-state index contributed by atoms with van der Waals surface area (Å²) >= 11 is 0. The number of ether oxygens (including phenoxy) is 2. The standard InChI is InChI=1S/C15H23N3O4/c1-20-7-5-13(19)18-6-2-12(10-18)15-16-14(17-22-15)11-3-8-21-9-4-11/h11-12H,2-10H2,1H3/t12-/m0/s1. The van der Waals surface area contributed by atoms with Crippen LogP contribution in [0.1, 0.15) is 49.2 Å². The first-order valence-corrected chi connectivity index (χ1v) is 7.96. The summed E-state index contributed by atoms with van der Waals surface area (Å²) in [6.45, 7) is 3.41. The number of nitrogens with zero attached hydrogens (tertiary/aromatic N) is 3. The van der Waals surface area contributed by atoms with Crippen molar-refractivity contribution in [3.05, 3.63) is 11.7 Å². The summed E-state index contributed by atoms with van der Waals surface area (Å²) in [6.07, 6.45) is 3.21. The summed E-state index contributed by atoms with van der Waals surface area (Å²) in [5, 5.41) is 4.14. The molecular weight excluding hydrogens is 286 g/mol. The lowest BCUT2D eigenvalue weighted by Gasteiger charge is -2.18. The highest BCUT2D eigenvalue weighted by atomic mass is 16.5. The summed E-state index contributed by atoms with van der Waals surface area (Å²) in [5.74, 6) is 2.10. The van der Waals surface area contributed by atoms with Crippen LogP contribution in [0, 0.1) is 0 Å². The molecule has 1 aromatic rings. The van der Waals surface area contributed by atoms with Crippen LogP contribution in [0.3, 0.4) is 0 Å². The van der Waals surface area contributed by atoms with Gasteiger partial charge in [0.15, 0.2) is 5.82 Å². The van der Waals surface area contributed by atoms with Crippen molar-refractivity contribution in [2.45, 2.75) is 37.5 Å². The largest absolute Gasteiger partial charge is 0.384 e. The third-order valence-corrected chi connectivity index (χ3v) is 4.45. The average molecular weight is 309 g/mol. The molecule has 1 amide bonds. The zero-order chi connectivity index (χ0) is 15.4. The second kappa shape index (κ2) is 7.19. The van der Waals surface area contributed by atoms with Crippen molar-refractivity contribution < 1.29 is 18.8 Å². The van der Waals surface area contributed by atoms with E-state index in [1.807, 2.05) is 4.90 Å². The minimum Gasteiger partial charge on any atom is -0.384 e. The van der Waals surface area contributed by atoms with Gasteiger partial charge in [-0.3, -0.25) is 4.79 Å². The summed E-state index contributed by atoms with van der Waals surface area (Å²) in [6, 6.07) is 0. The van der Waals surface area contributed by atoms with Crippen molar-refractivity contribution in [1.29, 1.82) is 0 Å². The van der Waals surface area contributed by atoms with E-state index in [1.165, 1.54) is 0 Å². The van der Waals surface area contributed by atoms with Crippen molar-refractivity contribution in [1.82, 2.24) is 15.0 Å². The number of aromatic nitrogens is 2. The summed E-state index contributed by atoms with van der Waals surface area (Å²) in [5.41, 5.74) is 0. The number of carbonyl (C=O) groups excluding carboxylic acids is 1. The van der Waals surface area contributed by atoms with E-state index in [0.29, 0.717) is 31.4 Å². The fourth-order valence-electron chi connectivity index (χ4n) is 3.07. The zero-order valence-electron chi connectivity index (χ0n) is 13.0. The molecule has 0 spiro atoms. The Bertz CT molecular complexity index is 499. The van der Waals surface area contributed by atoms with Gasteiger partial charge in [0, 0.05) is 39.3 Å². The van der Waals surface area contributed by atoms with Crippen molar-refractivity contribution >= 4 is 5.91 Å². The van der Waals surface area contributed by atoms with Gasteiger partial charge in [-0.1, -0.05) is 5.16 Å². The molecule has 3 rings (SSSR count). The maximum Gasteiger partial charge on any atom is 0.231 e.